The minimum absolute atomic E-state index is 0.443. The third-order valence-electron chi connectivity index (χ3n) is 3.46. The second-order valence-corrected chi connectivity index (χ2v) is 5.76. The van der Waals surface area contributed by atoms with Crippen molar-refractivity contribution in [3.63, 3.8) is 0 Å². The molecule has 21 heavy (non-hydrogen) atoms. The monoisotopic (exact) mass is 324 g/mol. The first-order chi connectivity index (χ1) is 9.95. The topological polar surface area (TPSA) is 29.5 Å². The number of benzene rings is 2. The van der Waals surface area contributed by atoms with Crippen LogP contribution in [0.15, 0.2) is 30.3 Å². The van der Waals surface area contributed by atoms with E-state index >= 15 is 0 Å². The summed E-state index contributed by atoms with van der Waals surface area (Å²) in [6, 6.07) is 9.23. The zero-order valence-electron chi connectivity index (χ0n) is 12.3. The van der Waals surface area contributed by atoms with Crippen LogP contribution in [-0.2, 0) is 0 Å². The van der Waals surface area contributed by atoms with Gasteiger partial charge in [0.25, 0.3) is 0 Å². The highest BCUT2D eigenvalue weighted by atomic mass is 35.5. The van der Waals surface area contributed by atoms with Gasteiger partial charge in [-0.2, -0.15) is 0 Å². The molecule has 0 aromatic heterocycles. The molecule has 112 valence electrons. The fourth-order valence-electron chi connectivity index (χ4n) is 2.43. The third-order valence-corrected chi connectivity index (χ3v) is 4.08. The molecule has 2 aromatic carbocycles. The first kappa shape index (κ1) is 16.2. The molecule has 0 spiro atoms. The summed E-state index contributed by atoms with van der Waals surface area (Å²) in [4.78, 5) is 0. The second kappa shape index (κ2) is 6.69. The molecular weight excluding hydrogens is 307 g/mol. The number of halogens is 2. The molecule has 1 atom stereocenters. The van der Waals surface area contributed by atoms with E-state index in [2.05, 4.69) is 0 Å². The fraction of sp³-hybridized carbons (Fsp3) is 0.294. The molecule has 0 heterocycles. The Balaban J connectivity index is 2.49. The van der Waals surface area contributed by atoms with Gasteiger partial charge in [-0.3, -0.25) is 0 Å². The molecule has 2 nitrogen and oxygen atoms in total. The standard InChI is InChI=1S/C17H18Cl2O2/c1-4-21-15-9-13(18)12(8-14(15)19)17(20)16-10(2)6-5-7-11(16)3/h5-9,17,20H,4H2,1-3H3. The average Bonchev–Trinajstić information content (AvgIpc) is 2.42. The van der Waals surface area contributed by atoms with Crippen LogP contribution in [0.1, 0.15) is 35.3 Å². The van der Waals surface area contributed by atoms with Gasteiger partial charge in [-0.05, 0) is 43.5 Å². The highest BCUT2D eigenvalue weighted by molar-refractivity contribution is 6.34. The SMILES string of the molecule is CCOc1cc(Cl)c(C(O)c2c(C)cccc2C)cc1Cl. The third kappa shape index (κ3) is 3.34. The van der Waals surface area contributed by atoms with Crippen LogP contribution in [0.25, 0.3) is 0 Å². The average molecular weight is 325 g/mol. The van der Waals surface area contributed by atoms with Gasteiger partial charge in [0.15, 0.2) is 0 Å². The van der Waals surface area contributed by atoms with E-state index in [1.54, 1.807) is 12.1 Å². The van der Waals surface area contributed by atoms with Crippen molar-refractivity contribution in [1.82, 2.24) is 0 Å². The van der Waals surface area contributed by atoms with Crippen molar-refractivity contribution in [2.75, 3.05) is 6.61 Å². The maximum Gasteiger partial charge on any atom is 0.139 e. The molecule has 0 aliphatic carbocycles. The number of hydrogen-bond acceptors (Lipinski definition) is 2. The maximum atomic E-state index is 10.7. The predicted molar refractivity (Wildman–Crippen MR) is 87.6 cm³/mol. The van der Waals surface area contributed by atoms with E-state index in [4.69, 9.17) is 27.9 Å². The Morgan fingerprint density at radius 3 is 2.29 bits per heavy atom. The quantitative estimate of drug-likeness (QED) is 0.848. The number of aliphatic hydroxyl groups excluding tert-OH is 1. The zero-order valence-corrected chi connectivity index (χ0v) is 13.8. The van der Waals surface area contributed by atoms with Crippen molar-refractivity contribution >= 4 is 23.2 Å². The molecule has 2 aromatic rings. The Morgan fingerprint density at radius 1 is 1.10 bits per heavy atom. The summed E-state index contributed by atoms with van der Waals surface area (Å²) >= 11 is 12.5. The van der Waals surface area contributed by atoms with Gasteiger partial charge in [0.05, 0.1) is 16.7 Å². The van der Waals surface area contributed by atoms with Crippen LogP contribution < -0.4 is 4.74 Å². The summed E-state index contributed by atoms with van der Waals surface area (Å²) in [7, 11) is 0. The van der Waals surface area contributed by atoms with Crippen molar-refractivity contribution < 1.29 is 9.84 Å². The molecule has 4 heteroatoms. The minimum atomic E-state index is -0.813. The number of hydrogen-bond donors (Lipinski definition) is 1. The lowest BCUT2D eigenvalue weighted by Gasteiger charge is -2.19. The van der Waals surface area contributed by atoms with Gasteiger partial charge in [-0.25, -0.2) is 0 Å². The molecule has 0 bridgehead atoms. The Bertz CT molecular complexity index is 633. The molecule has 0 saturated carbocycles. The summed E-state index contributed by atoms with van der Waals surface area (Å²) in [5.41, 5.74) is 3.48. The van der Waals surface area contributed by atoms with Crippen molar-refractivity contribution in [3.05, 3.63) is 62.6 Å². The summed E-state index contributed by atoms with van der Waals surface area (Å²) in [6.45, 7) is 6.32. The summed E-state index contributed by atoms with van der Waals surface area (Å²) in [5.74, 6) is 0.529. The van der Waals surface area contributed by atoms with Gasteiger partial charge < -0.3 is 9.84 Å². The van der Waals surface area contributed by atoms with Crippen molar-refractivity contribution in [2.45, 2.75) is 26.9 Å². The predicted octanol–water partition coefficient (Wildman–Crippen LogP) is 5.09. The molecular formula is C17H18Cl2O2. The minimum Gasteiger partial charge on any atom is -0.492 e. The van der Waals surface area contributed by atoms with Crippen LogP contribution in [0.5, 0.6) is 5.75 Å². The van der Waals surface area contributed by atoms with Gasteiger partial charge in [-0.15, -0.1) is 0 Å². The Labute approximate surface area is 135 Å². The number of aliphatic hydroxyl groups is 1. The van der Waals surface area contributed by atoms with Crippen LogP contribution in [0.3, 0.4) is 0 Å². The van der Waals surface area contributed by atoms with E-state index in [1.807, 2.05) is 39.0 Å². The van der Waals surface area contributed by atoms with Gasteiger partial charge >= 0.3 is 0 Å². The first-order valence-corrected chi connectivity index (χ1v) is 7.57. The molecule has 0 aliphatic rings. The summed E-state index contributed by atoms with van der Waals surface area (Å²) in [5, 5.41) is 11.6. The van der Waals surface area contributed by atoms with E-state index in [1.165, 1.54) is 0 Å². The second-order valence-electron chi connectivity index (χ2n) is 4.95. The summed E-state index contributed by atoms with van der Waals surface area (Å²) in [6.07, 6.45) is -0.813. The van der Waals surface area contributed by atoms with Crippen LogP contribution in [0.2, 0.25) is 10.0 Å². The lowest BCUT2D eigenvalue weighted by Crippen LogP contribution is -2.06. The van der Waals surface area contributed by atoms with Crippen LogP contribution >= 0.6 is 23.2 Å². The highest BCUT2D eigenvalue weighted by Gasteiger charge is 2.20. The smallest absolute Gasteiger partial charge is 0.139 e. The molecule has 0 amide bonds. The molecule has 0 radical (unpaired) electrons. The van der Waals surface area contributed by atoms with E-state index in [-0.39, 0.29) is 0 Å². The van der Waals surface area contributed by atoms with E-state index < -0.39 is 6.10 Å². The van der Waals surface area contributed by atoms with Gasteiger partial charge in [0.2, 0.25) is 0 Å². The van der Waals surface area contributed by atoms with Crippen LogP contribution in [0.4, 0.5) is 0 Å². The number of aryl methyl sites for hydroxylation is 2. The highest BCUT2D eigenvalue weighted by Crippen LogP contribution is 2.37. The number of ether oxygens (including phenoxy) is 1. The molecule has 1 unspecified atom stereocenters. The van der Waals surface area contributed by atoms with Gasteiger partial charge in [-0.1, -0.05) is 41.4 Å². The van der Waals surface area contributed by atoms with Crippen LogP contribution in [-0.4, -0.2) is 11.7 Å². The molecule has 1 N–H and O–H groups in total. The Morgan fingerprint density at radius 2 is 1.71 bits per heavy atom. The Kier molecular flexibility index (Phi) is 5.15. The van der Waals surface area contributed by atoms with Crippen LogP contribution in [0, 0.1) is 13.8 Å². The number of rotatable bonds is 4. The first-order valence-electron chi connectivity index (χ1n) is 6.81. The maximum absolute atomic E-state index is 10.7. The normalized spacial score (nSPS) is 12.3. The molecule has 0 fully saturated rings. The largest absolute Gasteiger partial charge is 0.492 e. The van der Waals surface area contributed by atoms with Gasteiger partial charge in [0.1, 0.15) is 11.9 Å². The lowest BCUT2D eigenvalue weighted by molar-refractivity contribution is 0.218. The molecule has 0 saturated heterocycles. The van der Waals surface area contributed by atoms with Crippen molar-refractivity contribution in [3.8, 4) is 5.75 Å². The molecule has 2 rings (SSSR count). The van der Waals surface area contributed by atoms with E-state index in [0.717, 1.165) is 16.7 Å². The molecule has 0 aliphatic heterocycles. The zero-order chi connectivity index (χ0) is 15.6. The van der Waals surface area contributed by atoms with Gasteiger partial charge in [0, 0.05) is 11.6 Å². The fourth-order valence-corrected chi connectivity index (χ4v) is 2.92. The Hall–Kier alpha value is -1.22. The van der Waals surface area contributed by atoms with Crippen molar-refractivity contribution in [1.29, 1.82) is 0 Å². The lowest BCUT2D eigenvalue weighted by atomic mass is 9.93. The van der Waals surface area contributed by atoms with E-state index in [0.29, 0.717) is 28.0 Å². The van der Waals surface area contributed by atoms with Crippen molar-refractivity contribution in [2.24, 2.45) is 0 Å². The summed E-state index contributed by atoms with van der Waals surface area (Å²) < 4.78 is 5.41. The van der Waals surface area contributed by atoms with E-state index in [9.17, 15) is 5.11 Å².